The van der Waals surface area contributed by atoms with Crippen LogP contribution in [-0.4, -0.2) is 19.3 Å². The maximum atomic E-state index is 12.5. The van der Waals surface area contributed by atoms with Crippen molar-refractivity contribution in [1.29, 1.82) is 0 Å². The molecular weight excluding hydrogens is 374 g/mol. The molecule has 0 bridgehead atoms. The normalized spacial score (nSPS) is 11.2. The Morgan fingerprint density at radius 1 is 0.964 bits per heavy atom. The van der Waals surface area contributed by atoms with E-state index in [-0.39, 0.29) is 22.9 Å². The third-order valence-electron chi connectivity index (χ3n) is 4.17. The summed E-state index contributed by atoms with van der Waals surface area (Å²) in [6, 6.07) is 17.3. The fourth-order valence-corrected chi connectivity index (χ4v) is 3.62. The first-order valence-electron chi connectivity index (χ1n) is 8.76. The third-order valence-corrected chi connectivity index (χ3v) is 5.57. The number of aryl methyl sites for hydroxylation is 1. The van der Waals surface area contributed by atoms with Gasteiger partial charge in [0.25, 0.3) is 5.91 Å². The number of nitrogens with one attached hydrogen (secondary N) is 2. The van der Waals surface area contributed by atoms with Crippen molar-refractivity contribution in [2.75, 3.05) is 0 Å². The lowest BCUT2D eigenvalue weighted by molar-refractivity contribution is 0.0950. The van der Waals surface area contributed by atoms with Crippen LogP contribution < -0.4 is 10.0 Å². The molecule has 0 unspecified atom stereocenters. The second-order valence-corrected chi connectivity index (χ2v) is 8.15. The van der Waals surface area contributed by atoms with Crippen LogP contribution in [0.25, 0.3) is 0 Å². The summed E-state index contributed by atoms with van der Waals surface area (Å²) < 4.78 is 27.6. The maximum Gasteiger partial charge on any atom is 0.251 e. The molecule has 0 saturated carbocycles. The highest BCUT2D eigenvalue weighted by atomic mass is 32.2. The number of sulfonamides is 1. The number of rotatable bonds is 7. The standard InChI is InChI=1S/C21H21N3O3S/c1-16-7-9-17(10-8-16)14-23-21(25)19-5-2-6-20(12-19)28(26,27)24-15-18-4-3-11-22-13-18/h2-13,24H,14-15H2,1H3,(H,23,25). The van der Waals surface area contributed by atoms with Crippen LogP contribution in [0.3, 0.4) is 0 Å². The van der Waals surface area contributed by atoms with Crippen LogP contribution in [0.1, 0.15) is 27.0 Å². The molecule has 1 aromatic heterocycles. The molecule has 28 heavy (non-hydrogen) atoms. The van der Waals surface area contributed by atoms with E-state index >= 15 is 0 Å². The van der Waals surface area contributed by atoms with Crippen molar-refractivity contribution in [2.45, 2.75) is 24.9 Å². The highest BCUT2D eigenvalue weighted by Gasteiger charge is 2.16. The summed E-state index contributed by atoms with van der Waals surface area (Å²) in [6.45, 7) is 2.49. The van der Waals surface area contributed by atoms with Gasteiger partial charge in [0, 0.05) is 31.0 Å². The van der Waals surface area contributed by atoms with Crippen molar-refractivity contribution in [3.63, 3.8) is 0 Å². The summed E-state index contributed by atoms with van der Waals surface area (Å²) in [5, 5.41) is 2.81. The summed E-state index contributed by atoms with van der Waals surface area (Å²) >= 11 is 0. The molecule has 0 aliphatic rings. The van der Waals surface area contributed by atoms with Crippen molar-refractivity contribution in [2.24, 2.45) is 0 Å². The van der Waals surface area contributed by atoms with Crippen molar-refractivity contribution < 1.29 is 13.2 Å². The minimum atomic E-state index is -3.74. The molecule has 144 valence electrons. The van der Waals surface area contributed by atoms with Gasteiger partial charge in [-0.05, 0) is 42.3 Å². The van der Waals surface area contributed by atoms with Gasteiger partial charge in [0.15, 0.2) is 0 Å². The summed E-state index contributed by atoms with van der Waals surface area (Å²) in [6.07, 6.45) is 3.22. The number of hydrogen-bond acceptors (Lipinski definition) is 4. The van der Waals surface area contributed by atoms with Gasteiger partial charge >= 0.3 is 0 Å². The van der Waals surface area contributed by atoms with Crippen LogP contribution in [0.15, 0.2) is 78.0 Å². The number of aromatic nitrogens is 1. The zero-order valence-electron chi connectivity index (χ0n) is 15.4. The Morgan fingerprint density at radius 3 is 2.46 bits per heavy atom. The van der Waals surface area contributed by atoms with Gasteiger partial charge in [-0.15, -0.1) is 0 Å². The molecule has 3 aromatic rings. The minimum Gasteiger partial charge on any atom is -0.348 e. The van der Waals surface area contributed by atoms with Gasteiger partial charge in [-0.2, -0.15) is 0 Å². The van der Waals surface area contributed by atoms with E-state index in [1.165, 1.54) is 12.1 Å². The van der Waals surface area contributed by atoms with E-state index in [0.29, 0.717) is 6.54 Å². The molecule has 7 heteroatoms. The highest BCUT2D eigenvalue weighted by Crippen LogP contribution is 2.13. The molecule has 2 aromatic carbocycles. The molecule has 0 saturated heterocycles. The van der Waals surface area contributed by atoms with Crippen LogP contribution in [0.2, 0.25) is 0 Å². The fraction of sp³-hybridized carbons (Fsp3) is 0.143. The van der Waals surface area contributed by atoms with E-state index < -0.39 is 10.0 Å². The molecular formula is C21H21N3O3S. The lowest BCUT2D eigenvalue weighted by Crippen LogP contribution is -2.25. The van der Waals surface area contributed by atoms with E-state index in [0.717, 1.165) is 16.7 Å². The Hall–Kier alpha value is -3.03. The molecule has 1 heterocycles. The first kappa shape index (κ1) is 19.7. The Balaban J connectivity index is 1.66. The number of benzene rings is 2. The fourth-order valence-electron chi connectivity index (χ4n) is 2.56. The van der Waals surface area contributed by atoms with E-state index in [1.54, 1.807) is 36.7 Å². The third kappa shape index (κ3) is 5.25. The Kier molecular flexibility index (Phi) is 6.18. The van der Waals surface area contributed by atoms with Crippen LogP contribution in [0.5, 0.6) is 0 Å². The zero-order chi connectivity index (χ0) is 20.0. The summed E-state index contributed by atoms with van der Waals surface area (Å²) in [5.41, 5.74) is 3.15. The van der Waals surface area contributed by atoms with Crippen LogP contribution in [0, 0.1) is 6.92 Å². The molecule has 0 atom stereocenters. The number of amides is 1. The predicted octanol–water partition coefficient (Wildman–Crippen LogP) is 2.80. The van der Waals surface area contributed by atoms with Gasteiger partial charge in [-0.3, -0.25) is 9.78 Å². The molecule has 0 aliphatic heterocycles. The van der Waals surface area contributed by atoms with Gasteiger partial charge in [-0.1, -0.05) is 42.0 Å². The SMILES string of the molecule is Cc1ccc(CNC(=O)c2cccc(S(=O)(=O)NCc3cccnc3)c2)cc1. The lowest BCUT2D eigenvalue weighted by atomic mass is 10.1. The summed E-state index contributed by atoms with van der Waals surface area (Å²) in [5.74, 6) is -0.329. The van der Waals surface area contributed by atoms with E-state index in [9.17, 15) is 13.2 Å². The Labute approximate surface area is 164 Å². The van der Waals surface area contributed by atoms with Crippen LogP contribution in [-0.2, 0) is 23.1 Å². The van der Waals surface area contributed by atoms with Crippen molar-refractivity contribution >= 4 is 15.9 Å². The quantitative estimate of drug-likeness (QED) is 0.644. The van der Waals surface area contributed by atoms with Crippen molar-refractivity contribution in [3.8, 4) is 0 Å². The molecule has 0 aliphatic carbocycles. The molecule has 0 fully saturated rings. The van der Waals surface area contributed by atoms with Crippen molar-refractivity contribution in [3.05, 3.63) is 95.3 Å². The molecule has 1 amide bonds. The molecule has 3 rings (SSSR count). The second kappa shape index (κ2) is 8.77. The van der Waals surface area contributed by atoms with Crippen LogP contribution >= 0.6 is 0 Å². The Bertz CT molecular complexity index is 1050. The van der Waals surface area contributed by atoms with Gasteiger partial charge in [0.05, 0.1) is 4.90 Å². The largest absolute Gasteiger partial charge is 0.348 e. The Morgan fingerprint density at radius 2 is 1.75 bits per heavy atom. The minimum absolute atomic E-state index is 0.0411. The number of pyridine rings is 1. The highest BCUT2D eigenvalue weighted by molar-refractivity contribution is 7.89. The van der Waals surface area contributed by atoms with Gasteiger partial charge in [0.1, 0.15) is 0 Å². The maximum absolute atomic E-state index is 12.5. The van der Waals surface area contributed by atoms with Gasteiger partial charge in [-0.25, -0.2) is 13.1 Å². The summed E-state index contributed by atoms with van der Waals surface area (Å²) in [7, 11) is -3.74. The number of hydrogen-bond donors (Lipinski definition) is 2. The average molecular weight is 395 g/mol. The smallest absolute Gasteiger partial charge is 0.251 e. The van der Waals surface area contributed by atoms with Crippen LogP contribution in [0.4, 0.5) is 0 Å². The van der Waals surface area contributed by atoms with E-state index in [1.807, 2.05) is 31.2 Å². The molecule has 0 radical (unpaired) electrons. The molecule has 2 N–H and O–H groups in total. The number of carbonyl (C=O) groups is 1. The second-order valence-electron chi connectivity index (χ2n) is 6.38. The molecule has 0 spiro atoms. The van der Waals surface area contributed by atoms with E-state index in [2.05, 4.69) is 15.0 Å². The lowest BCUT2D eigenvalue weighted by Gasteiger charge is -2.09. The number of carbonyl (C=O) groups excluding carboxylic acids is 1. The monoisotopic (exact) mass is 395 g/mol. The molecule has 6 nitrogen and oxygen atoms in total. The van der Waals surface area contributed by atoms with Gasteiger partial charge in [0.2, 0.25) is 10.0 Å². The zero-order valence-corrected chi connectivity index (χ0v) is 16.2. The predicted molar refractivity (Wildman–Crippen MR) is 107 cm³/mol. The van der Waals surface area contributed by atoms with Crippen molar-refractivity contribution in [1.82, 2.24) is 15.0 Å². The first-order valence-corrected chi connectivity index (χ1v) is 10.2. The van der Waals surface area contributed by atoms with E-state index in [4.69, 9.17) is 0 Å². The summed E-state index contributed by atoms with van der Waals surface area (Å²) in [4.78, 5) is 16.4. The average Bonchev–Trinajstić information content (AvgIpc) is 2.72. The first-order chi connectivity index (χ1) is 13.4. The number of nitrogens with zero attached hydrogens (tertiary/aromatic N) is 1. The van der Waals surface area contributed by atoms with Gasteiger partial charge < -0.3 is 5.32 Å². The topological polar surface area (TPSA) is 88.2 Å².